The van der Waals surface area contributed by atoms with Crippen LogP contribution in [0.25, 0.3) is 0 Å². The molecule has 0 saturated heterocycles. The number of carbonyl (C=O) groups excluding carboxylic acids is 1. The lowest BCUT2D eigenvalue weighted by molar-refractivity contribution is -0.116. The van der Waals surface area contributed by atoms with Crippen LogP contribution >= 0.6 is 23.2 Å². The van der Waals surface area contributed by atoms with E-state index >= 15 is 0 Å². The Bertz CT molecular complexity index is 491. The molecule has 6 heteroatoms. The minimum atomic E-state index is 0.495. The van der Waals surface area contributed by atoms with Crippen LogP contribution in [0.2, 0.25) is 10.0 Å². The molecule has 0 aliphatic carbocycles. The fraction of sp³-hybridized carbons (Fsp3) is 0.308. The van der Waals surface area contributed by atoms with E-state index < -0.39 is 0 Å². The van der Waals surface area contributed by atoms with E-state index in [4.69, 9.17) is 23.2 Å². The number of carbonyl (C=O) groups is 1. The summed E-state index contributed by atoms with van der Waals surface area (Å²) in [6, 6.07) is 5.42. The minimum Gasteiger partial charge on any atom is -0.378 e. The van der Waals surface area contributed by atoms with Gasteiger partial charge in [0, 0.05) is 25.3 Å². The molecule has 1 heterocycles. The van der Waals surface area contributed by atoms with Crippen molar-refractivity contribution in [1.82, 2.24) is 10.2 Å². The fourth-order valence-corrected chi connectivity index (χ4v) is 2.24. The molecule has 0 radical (unpaired) electrons. The summed E-state index contributed by atoms with van der Waals surface area (Å²) in [7, 11) is 0. The highest BCUT2D eigenvalue weighted by molar-refractivity contribution is 6.43. The summed E-state index contributed by atoms with van der Waals surface area (Å²) < 4.78 is 0. The van der Waals surface area contributed by atoms with E-state index in [1.165, 1.54) is 0 Å². The third kappa shape index (κ3) is 3.62. The number of benzene rings is 1. The molecule has 2 rings (SSSR count). The number of nitrogens with one attached hydrogen (secondary N) is 2. The van der Waals surface area contributed by atoms with Gasteiger partial charge >= 0.3 is 0 Å². The van der Waals surface area contributed by atoms with Gasteiger partial charge in [-0.1, -0.05) is 29.3 Å². The molecular formula is C13H15Cl2N3O. The zero-order valence-electron chi connectivity index (χ0n) is 10.3. The van der Waals surface area contributed by atoms with E-state index in [2.05, 4.69) is 10.6 Å². The summed E-state index contributed by atoms with van der Waals surface area (Å²) in [5.41, 5.74) is 1.69. The largest absolute Gasteiger partial charge is 0.378 e. The van der Waals surface area contributed by atoms with Crippen molar-refractivity contribution in [2.24, 2.45) is 0 Å². The second kappa shape index (κ2) is 6.80. The van der Waals surface area contributed by atoms with Crippen LogP contribution in [-0.4, -0.2) is 37.5 Å². The summed E-state index contributed by atoms with van der Waals surface area (Å²) in [6.07, 6.45) is 2.84. The van der Waals surface area contributed by atoms with Gasteiger partial charge in [-0.15, -0.1) is 0 Å². The average molecular weight is 300 g/mol. The Hall–Kier alpha value is -1.23. The van der Waals surface area contributed by atoms with Crippen molar-refractivity contribution in [3.8, 4) is 0 Å². The van der Waals surface area contributed by atoms with Gasteiger partial charge in [-0.05, 0) is 18.2 Å². The number of halogens is 2. The first-order chi connectivity index (χ1) is 9.22. The van der Waals surface area contributed by atoms with E-state index in [9.17, 15) is 4.79 Å². The quantitative estimate of drug-likeness (QED) is 0.839. The summed E-state index contributed by atoms with van der Waals surface area (Å²) in [5.74, 6) is 0. The van der Waals surface area contributed by atoms with Gasteiger partial charge in [0.15, 0.2) is 0 Å². The Labute approximate surface area is 122 Å². The topological polar surface area (TPSA) is 44.4 Å². The maximum atomic E-state index is 11.0. The Balaban J connectivity index is 2.06. The molecule has 1 aliphatic rings. The minimum absolute atomic E-state index is 0.495. The van der Waals surface area contributed by atoms with Crippen LogP contribution in [0, 0.1) is 0 Å². The van der Waals surface area contributed by atoms with Crippen molar-refractivity contribution in [2.45, 2.75) is 0 Å². The Morgan fingerprint density at radius 3 is 3.05 bits per heavy atom. The highest BCUT2D eigenvalue weighted by Gasteiger charge is 2.12. The third-order valence-corrected chi connectivity index (χ3v) is 3.74. The molecule has 2 N–H and O–H groups in total. The van der Waals surface area contributed by atoms with Gasteiger partial charge in [-0.3, -0.25) is 4.79 Å². The molecule has 0 saturated carbocycles. The molecule has 0 bridgehead atoms. The van der Waals surface area contributed by atoms with Crippen molar-refractivity contribution in [1.29, 1.82) is 0 Å². The second-order valence-corrected chi connectivity index (χ2v) is 4.94. The highest BCUT2D eigenvalue weighted by atomic mass is 35.5. The lowest BCUT2D eigenvalue weighted by Crippen LogP contribution is -2.29. The summed E-state index contributed by atoms with van der Waals surface area (Å²) in [5, 5.41) is 7.42. The molecule has 19 heavy (non-hydrogen) atoms. The Kier molecular flexibility index (Phi) is 5.07. The van der Waals surface area contributed by atoms with E-state index in [1.807, 2.05) is 18.2 Å². The molecule has 1 aliphatic heterocycles. The summed E-state index contributed by atoms with van der Waals surface area (Å²) >= 11 is 12.1. The van der Waals surface area contributed by atoms with Crippen LogP contribution in [0.4, 0.5) is 5.69 Å². The summed E-state index contributed by atoms with van der Waals surface area (Å²) in [6.45, 7) is 2.74. The standard InChI is InChI=1S/C13H15Cl2N3O/c14-11-2-1-3-12(13(11)15)17-8-10-4-5-16-6-7-18(10)9-19/h1-4,9,16-17H,5-8H2. The number of nitrogens with zero attached hydrogens (tertiary/aromatic N) is 1. The number of amides is 1. The predicted octanol–water partition coefficient (Wildman–Crippen LogP) is 2.35. The van der Waals surface area contributed by atoms with Gasteiger partial charge in [0.05, 0.1) is 22.3 Å². The van der Waals surface area contributed by atoms with Gasteiger partial charge in [0.1, 0.15) is 0 Å². The number of hydrogen-bond acceptors (Lipinski definition) is 3. The maximum Gasteiger partial charge on any atom is 0.213 e. The average Bonchev–Trinajstić information content (AvgIpc) is 2.65. The van der Waals surface area contributed by atoms with Gasteiger partial charge in [-0.25, -0.2) is 0 Å². The van der Waals surface area contributed by atoms with Crippen LogP contribution in [0.15, 0.2) is 30.0 Å². The SMILES string of the molecule is O=CN1CCNCC=C1CNc1cccc(Cl)c1Cl. The third-order valence-electron chi connectivity index (χ3n) is 2.92. The van der Waals surface area contributed by atoms with Crippen molar-refractivity contribution >= 4 is 35.3 Å². The lowest BCUT2D eigenvalue weighted by Gasteiger charge is -2.20. The van der Waals surface area contributed by atoms with Gasteiger partial charge in [0.25, 0.3) is 0 Å². The van der Waals surface area contributed by atoms with Crippen molar-refractivity contribution < 1.29 is 4.79 Å². The van der Waals surface area contributed by atoms with Crippen molar-refractivity contribution in [2.75, 3.05) is 31.5 Å². The molecule has 0 spiro atoms. The van der Waals surface area contributed by atoms with Crippen LogP contribution in [0.3, 0.4) is 0 Å². The number of hydrogen-bond donors (Lipinski definition) is 2. The Morgan fingerprint density at radius 2 is 2.26 bits per heavy atom. The Morgan fingerprint density at radius 1 is 1.42 bits per heavy atom. The lowest BCUT2D eigenvalue weighted by atomic mass is 10.3. The molecule has 1 amide bonds. The molecule has 102 valence electrons. The molecule has 4 nitrogen and oxygen atoms in total. The molecule has 0 unspecified atom stereocenters. The fourth-order valence-electron chi connectivity index (χ4n) is 1.87. The van der Waals surface area contributed by atoms with Crippen LogP contribution in [-0.2, 0) is 4.79 Å². The van der Waals surface area contributed by atoms with Crippen LogP contribution in [0.1, 0.15) is 0 Å². The first-order valence-electron chi connectivity index (χ1n) is 6.02. The van der Waals surface area contributed by atoms with Gasteiger partial charge < -0.3 is 15.5 Å². The first-order valence-corrected chi connectivity index (χ1v) is 6.77. The summed E-state index contributed by atoms with van der Waals surface area (Å²) in [4.78, 5) is 12.7. The molecular weight excluding hydrogens is 285 g/mol. The monoisotopic (exact) mass is 299 g/mol. The molecule has 0 atom stereocenters. The highest BCUT2D eigenvalue weighted by Crippen LogP contribution is 2.29. The maximum absolute atomic E-state index is 11.0. The van der Waals surface area contributed by atoms with E-state index in [0.29, 0.717) is 23.1 Å². The van der Waals surface area contributed by atoms with Gasteiger partial charge in [-0.2, -0.15) is 0 Å². The second-order valence-electron chi connectivity index (χ2n) is 4.15. The molecule has 0 aromatic heterocycles. The van der Waals surface area contributed by atoms with E-state index in [1.54, 1.807) is 11.0 Å². The predicted molar refractivity (Wildman–Crippen MR) is 78.7 cm³/mol. The molecule has 1 aromatic carbocycles. The smallest absolute Gasteiger partial charge is 0.213 e. The number of rotatable bonds is 4. The normalized spacial score (nSPS) is 15.7. The zero-order valence-corrected chi connectivity index (χ0v) is 11.8. The molecule has 0 fully saturated rings. The number of anilines is 1. The zero-order chi connectivity index (χ0) is 13.7. The van der Waals surface area contributed by atoms with Crippen LogP contribution in [0.5, 0.6) is 0 Å². The van der Waals surface area contributed by atoms with Gasteiger partial charge in [0.2, 0.25) is 6.41 Å². The van der Waals surface area contributed by atoms with Crippen LogP contribution < -0.4 is 10.6 Å². The van der Waals surface area contributed by atoms with Crippen molar-refractivity contribution in [3.05, 3.63) is 40.0 Å². The first kappa shape index (κ1) is 14.2. The molecule has 1 aromatic rings. The van der Waals surface area contributed by atoms with E-state index in [0.717, 1.165) is 30.9 Å². The van der Waals surface area contributed by atoms with Crippen molar-refractivity contribution in [3.63, 3.8) is 0 Å². The van der Waals surface area contributed by atoms with E-state index in [-0.39, 0.29) is 0 Å².